The molecule has 0 aromatic heterocycles. The van der Waals surface area contributed by atoms with Gasteiger partial charge in [-0.1, -0.05) is 31.2 Å². The molecule has 0 saturated carbocycles. The van der Waals surface area contributed by atoms with Crippen molar-refractivity contribution >= 4 is 0 Å². The van der Waals surface area contributed by atoms with Crippen LogP contribution in [-0.2, 0) is 0 Å². The molecule has 0 aliphatic carbocycles. The molecule has 58 valence electrons. The van der Waals surface area contributed by atoms with Gasteiger partial charge in [0.15, 0.2) is 0 Å². The summed E-state index contributed by atoms with van der Waals surface area (Å²) in [4.78, 5) is 0. The van der Waals surface area contributed by atoms with E-state index in [0.29, 0.717) is 0 Å². The summed E-state index contributed by atoms with van der Waals surface area (Å²) in [5.41, 5.74) is 1.12. The maximum absolute atomic E-state index is 9.09. The third-order valence-electron chi connectivity index (χ3n) is 1.61. The molecule has 0 bridgehead atoms. The summed E-state index contributed by atoms with van der Waals surface area (Å²) in [5.74, 6) is 0.220. The first kappa shape index (κ1) is 9.44. The third kappa shape index (κ3) is 3.46. The van der Waals surface area contributed by atoms with Gasteiger partial charge in [-0.2, -0.15) is 0 Å². The highest BCUT2D eigenvalue weighted by molar-refractivity contribution is 5.14. The van der Waals surface area contributed by atoms with E-state index in [-0.39, 0.29) is 12.0 Å². The van der Waals surface area contributed by atoms with Gasteiger partial charge in [-0.25, -0.2) is 0 Å². The highest BCUT2D eigenvalue weighted by Gasteiger charge is 2.03. The Bertz CT molecular complexity index is 134. The first-order valence-electron chi connectivity index (χ1n) is 3.57. The molecule has 0 aliphatic heterocycles. The van der Waals surface area contributed by atoms with Crippen molar-refractivity contribution in [1.29, 1.82) is 0 Å². The lowest BCUT2D eigenvalue weighted by Gasteiger charge is -2.09. The van der Waals surface area contributed by atoms with Crippen molar-refractivity contribution in [2.45, 2.75) is 26.9 Å². The largest absolute Gasteiger partial charge is 0.393 e. The predicted molar refractivity (Wildman–Crippen MR) is 44.8 cm³/mol. The van der Waals surface area contributed by atoms with E-state index in [9.17, 15) is 0 Å². The topological polar surface area (TPSA) is 20.2 Å². The summed E-state index contributed by atoms with van der Waals surface area (Å²) in [5, 5.41) is 9.09. The molecular weight excluding hydrogens is 124 g/mol. The number of aliphatic hydroxyl groups is 1. The van der Waals surface area contributed by atoms with E-state index in [0.717, 1.165) is 5.57 Å². The Morgan fingerprint density at radius 1 is 1.50 bits per heavy atom. The lowest BCUT2D eigenvalue weighted by Crippen LogP contribution is -2.10. The lowest BCUT2D eigenvalue weighted by molar-refractivity contribution is 0.157. The Hall–Kier alpha value is -0.560. The number of hydrogen-bond acceptors (Lipinski definition) is 1. The monoisotopic (exact) mass is 140 g/mol. The minimum atomic E-state index is -0.269. The normalized spacial score (nSPS) is 18.2. The first-order valence-corrected chi connectivity index (χ1v) is 3.57. The van der Waals surface area contributed by atoms with Crippen molar-refractivity contribution in [2.75, 3.05) is 0 Å². The molecule has 0 rings (SSSR count). The fourth-order valence-electron chi connectivity index (χ4n) is 0.622. The van der Waals surface area contributed by atoms with Crippen molar-refractivity contribution in [3.8, 4) is 0 Å². The van der Waals surface area contributed by atoms with Crippen LogP contribution in [0.25, 0.3) is 0 Å². The van der Waals surface area contributed by atoms with Crippen LogP contribution in [0.4, 0.5) is 0 Å². The molecule has 0 spiro atoms. The van der Waals surface area contributed by atoms with E-state index in [4.69, 9.17) is 5.11 Å². The van der Waals surface area contributed by atoms with Crippen molar-refractivity contribution in [2.24, 2.45) is 5.92 Å². The summed E-state index contributed by atoms with van der Waals surface area (Å²) < 4.78 is 0. The van der Waals surface area contributed by atoms with Gasteiger partial charge in [0.1, 0.15) is 0 Å². The maximum atomic E-state index is 9.09. The zero-order valence-electron chi connectivity index (χ0n) is 6.96. The van der Waals surface area contributed by atoms with Gasteiger partial charge in [-0.15, -0.1) is 0 Å². The van der Waals surface area contributed by atoms with E-state index in [2.05, 4.69) is 6.58 Å². The van der Waals surface area contributed by atoms with E-state index < -0.39 is 0 Å². The van der Waals surface area contributed by atoms with Crippen LogP contribution in [0.15, 0.2) is 24.3 Å². The molecule has 1 heteroatoms. The second-order valence-electron chi connectivity index (χ2n) is 2.71. The summed E-state index contributed by atoms with van der Waals surface area (Å²) in [6.07, 6.45) is 3.53. The van der Waals surface area contributed by atoms with Gasteiger partial charge < -0.3 is 5.11 Å². The Balaban J connectivity index is 3.98. The molecule has 1 nitrogen and oxygen atoms in total. The van der Waals surface area contributed by atoms with Gasteiger partial charge in [-0.3, -0.25) is 0 Å². The average Bonchev–Trinajstić information content (AvgIpc) is 1.87. The van der Waals surface area contributed by atoms with Gasteiger partial charge in [0.05, 0.1) is 6.10 Å². The lowest BCUT2D eigenvalue weighted by atomic mass is 10.0. The highest BCUT2D eigenvalue weighted by atomic mass is 16.3. The fraction of sp³-hybridized carbons (Fsp3) is 0.556. The van der Waals surface area contributed by atoms with Crippen molar-refractivity contribution in [1.82, 2.24) is 0 Å². The molecular formula is C9H16O. The van der Waals surface area contributed by atoms with Gasteiger partial charge in [0.2, 0.25) is 0 Å². The van der Waals surface area contributed by atoms with E-state index in [1.807, 2.05) is 19.9 Å². The molecule has 2 atom stereocenters. The van der Waals surface area contributed by atoms with Crippen molar-refractivity contribution < 1.29 is 5.11 Å². The van der Waals surface area contributed by atoms with Crippen LogP contribution >= 0.6 is 0 Å². The number of allylic oxidation sites excluding steroid dienone is 2. The second-order valence-corrected chi connectivity index (χ2v) is 2.71. The van der Waals surface area contributed by atoms with E-state index in [1.54, 1.807) is 13.0 Å². The standard InChI is InChI=1S/C9H16O/c1-5-7(2)6-8(3)9(4)10/h5-6,8-10H,1H2,2-4H3/b7-6-/t8-,9?/m1/s1. The summed E-state index contributed by atoms with van der Waals surface area (Å²) in [6, 6.07) is 0. The summed E-state index contributed by atoms with van der Waals surface area (Å²) >= 11 is 0. The molecule has 0 aromatic carbocycles. The fourth-order valence-corrected chi connectivity index (χ4v) is 0.622. The van der Waals surface area contributed by atoms with Gasteiger partial charge in [-0.05, 0) is 13.8 Å². The molecule has 0 aliphatic rings. The average molecular weight is 140 g/mol. The molecule has 0 amide bonds. The Morgan fingerprint density at radius 2 is 2.00 bits per heavy atom. The van der Waals surface area contributed by atoms with Gasteiger partial charge in [0.25, 0.3) is 0 Å². The summed E-state index contributed by atoms with van der Waals surface area (Å²) in [6.45, 7) is 9.37. The van der Waals surface area contributed by atoms with Crippen LogP contribution in [0.5, 0.6) is 0 Å². The van der Waals surface area contributed by atoms with Crippen molar-refractivity contribution in [3.05, 3.63) is 24.3 Å². The van der Waals surface area contributed by atoms with E-state index >= 15 is 0 Å². The Kier molecular flexibility index (Phi) is 4.05. The molecule has 0 heterocycles. The van der Waals surface area contributed by atoms with Crippen LogP contribution in [0, 0.1) is 5.92 Å². The minimum absolute atomic E-state index is 0.220. The Labute approximate surface area is 63.1 Å². The molecule has 0 fully saturated rings. The summed E-state index contributed by atoms with van der Waals surface area (Å²) in [7, 11) is 0. The van der Waals surface area contributed by atoms with Crippen molar-refractivity contribution in [3.63, 3.8) is 0 Å². The molecule has 10 heavy (non-hydrogen) atoms. The quantitative estimate of drug-likeness (QED) is 0.595. The molecule has 1 unspecified atom stereocenters. The number of rotatable bonds is 3. The van der Waals surface area contributed by atoms with Crippen LogP contribution in [0.1, 0.15) is 20.8 Å². The molecule has 0 aromatic rings. The predicted octanol–water partition coefficient (Wildman–Crippen LogP) is 2.14. The minimum Gasteiger partial charge on any atom is -0.393 e. The Morgan fingerprint density at radius 3 is 2.30 bits per heavy atom. The SMILES string of the molecule is C=C/C(C)=C\[C@@H](C)C(C)O. The van der Waals surface area contributed by atoms with Gasteiger partial charge in [0, 0.05) is 5.92 Å². The number of aliphatic hydroxyl groups excluding tert-OH is 1. The molecule has 1 N–H and O–H groups in total. The third-order valence-corrected chi connectivity index (χ3v) is 1.61. The van der Waals surface area contributed by atoms with Crippen LogP contribution in [0.2, 0.25) is 0 Å². The molecule has 0 radical (unpaired) electrons. The highest BCUT2D eigenvalue weighted by Crippen LogP contribution is 2.07. The zero-order valence-corrected chi connectivity index (χ0v) is 6.96. The smallest absolute Gasteiger partial charge is 0.0572 e. The van der Waals surface area contributed by atoms with E-state index in [1.165, 1.54) is 0 Å². The maximum Gasteiger partial charge on any atom is 0.0572 e. The van der Waals surface area contributed by atoms with Crippen LogP contribution in [0.3, 0.4) is 0 Å². The number of hydrogen-bond donors (Lipinski definition) is 1. The van der Waals surface area contributed by atoms with Crippen LogP contribution < -0.4 is 0 Å². The molecule has 0 saturated heterocycles. The van der Waals surface area contributed by atoms with Gasteiger partial charge >= 0.3 is 0 Å². The zero-order chi connectivity index (χ0) is 8.15. The second kappa shape index (κ2) is 4.29. The van der Waals surface area contributed by atoms with Crippen LogP contribution in [-0.4, -0.2) is 11.2 Å². The first-order chi connectivity index (χ1) is 4.57.